The summed E-state index contributed by atoms with van der Waals surface area (Å²) in [5.41, 5.74) is 3.75. The lowest BCUT2D eigenvalue weighted by molar-refractivity contribution is 1.29. The molecule has 1 aromatic carbocycles. The summed E-state index contributed by atoms with van der Waals surface area (Å²) in [6.45, 7) is 5.85. The van der Waals surface area contributed by atoms with E-state index in [2.05, 4.69) is 52.7 Å². The zero-order valence-electron chi connectivity index (χ0n) is 8.10. The quantitative estimate of drug-likeness (QED) is 0.776. The van der Waals surface area contributed by atoms with Crippen molar-refractivity contribution in [1.82, 2.24) is 4.98 Å². The first-order chi connectivity index (χ1) is 6.72. The molecule has 0 bridgehead atoms. The standard InChI is InChI=1S/C12H12BrN/c1-3-4-9-7-14-12-5-8(2)11(13)6-10(9)12/h3,5-7,14H,1,4H2,2H3. The number of hydrogen-bond acceptors (Lipinski definition) is 0. The Kier molecular flexibility index (Phi) is 2.46. The normalized spacial score (nSPS) is 10.7. The molecule has 0 amide bonds. The number of halogens is 1. The third-order valence-corrected chi connectivity index (χ3v) is 3.27. The maximum absolute atomic E-state index is 3.76. The van der Waals surface area contributed by atoms with Crippen LogP contribution in [0, 0.1) is 6.92 Å². The number of allylic oxidation sites excluding steroid dienone is 1. The smallest absolute Gasteiger partial charge is 0.0460 e. The van der Waals surface area contributed by atoms with E-state index in [1.54, 1.807) is 0 Å². The second kappa shape index (κ2) is 3.62. The van der Waals surface area contributed by atoms with Crippen LogP contribution >= 0.6 is 15.9 Å². The summed E-state index contributed by atoms with van der Waals surface area (Å²) in [6, 6.07) is 4.33. The zero-order valence-corrected chi connectivity index (χ0v) is 9.69. The minimum Gasteiger partial charge on any atom is -0.361 e. The van der Waals surface area contributed by atoms with E-state index in [4.69, 9.17) is 0 Å². The van der Waals surface area contributed by atoms with E-state index < -0.39 is 0 Å². The van der Waals surface area contributed by atoms with Crippen molar-refractivity contribution in [3.63, 3.8) is 0 Å². The van der Waals surface area contributed by atoms with E-state index in [-0.39, 0.29) is 0 Å². The van der Waals surface area contributed by atoms with Gasteiger partial charge in [0.15, 0.2) is 0 Å². The zero-order chi connectivity index (χ0) is 10.1. The summed E-state index contributed by atoms with van der Waals surface area (Å²) in [5, 5.41) is 1.28. The third-order valence-electron chi connectivity index (χ3n) is 2.41. The van der Waals surface area contributed by atoms with E-state index in [1.807, 2.05) is 6.08 Å². The van der Waals surface area contributed by atoms with Gasteiger partial charge in [-0.3, -0.25) is 0 Å². The fraction of sp³-hybridized carbons (Fsp3) is 0.167. The van der Waals surface area contributed by atoms with E-state index in [0.717, 1.165) is 10.9 Å². The molecule has 0 saturated heterocycles. The van der Waals surface area contributed by atoms with Crippen molar-refractivity contribution in [3.8, 4) is 0 Å². The minimum absolute atomic E-state index is 0.912. The van der Waals surface area contributed by atoms with Gasteiger partial charge in [-0.15, -0.1) is 6.58 Å². The van der Waals surface area contributed by atoms with E-state index in [1.165, 1.54) is 22.0 Å². The lowest BCUT2D eigenvalue weighted by Gasteiger charge is -1.99. The van der Waals surface area contributed by atoms with Gasteiger partial charge in [0.2, 0.25) is 0 Å². The number of aromatic amines is 1. The van der Waals surface area contributed by atoms with Gasteiger partial charge in [0, 0.05) is 21.6 Å². The van der Waals surface area contributed by atoms with Crippen molar-refractivity contribution in [1.29, 1.82) is 0 Å². The fourth-order valence-corrected chi connectivity index (χ4v) is 1.98. The molecule has 1 nitrogen and oxygen atoms in total. The first-order valence-corrected chi connectivity index (χ1v) is 5.38. The van der Waals surface area contributed by atoms with E-state index >= 15 is 0 Å². The molecule has 0 saturated carbocycles. The van der Waals surface area contributed by atoms with Crippen LogP contribution in [-0.4, -0.2) is 4.98 Å². The molecule has 0 spiro atoms. The van der Waals surface area contributed by atoms with Gasteiger partial charge < -0.3 is 4.98 Å². The molecule has 0 aliphatic heterocycles. The molecule has 2 rings (SSSR count). The van der Waals surface area contributed by atoms with Gasteiger partial charge >= 0.3 is 0 Å². The molecule has 0 aliphatic rings. The summed E-state index contributed by atoms with van der Waals surface area (Å²) in [5.74, 6) is 0. The number of H-pyrrole nitrogens is 1. The highest BCUT2D eigenvalue weighted by molar-refractivity contribution is 9.10. The van der Waals surface area contributed by atoms with E-state index in [0.29, 0.717) is 0 Å². The summed E-state index contributed by atoms with van der Waals surface area (Å²) in [4.78, 5) is 3.27. The molecule has 0 unspecified atom stereocenters. The van der Waals surface area contributed by atoms with Gasteiger partial charge in [0.25, 0.3) is 0 Å². The molecular formula is C12H12BrN. The summed E-state index contributed by atoms with van der Waals surface area (Å²) in [6.07, 6.45) is 4.89. The second-order valence-corrected chi connectivity index (χ2v) is 4.31. The molecule has 2 heteroatoms. The first-order valence-electron chi connectivity index (χ1n) is 4.59. The average Bonchev–Trinajstić information content (AvgIpc) is 2.51. The molecule has 72 valence electrons. The Morgan fingerprint density at radius 3 is 3.00 bits per heavy atom. The molecule has 2 aromatic rings. The Labute approximate surface area is 92.0 Å². The summed E-state index contributed by atoms with van der Waals surface area (Å²) < 4.78 is 1.16. The predicted octanol–water partition coefficient (Wildman–Crippen LogP) is 3.97. The number of fused-ring (bicyclic) bond motifs is 1. The number of rotatable bonds is 2. The maximum Gasteiger partial charge on any atom is 0.0460 e. The number of nitrogens with one attached hydrogen (secondary N) is 1. The largest absolute Gasteiger partial charge is 0.361 e. The van der Waals surface area contributed by atoms with Gasteiger partial charge in [0.05, 0.1) is 0 Å². The van der Waals surface area contributed by atoms with Crippen LogP contribution in [0.15, 0.2) is 35.5 Å². The van der Waals surface area contributed by atoms with Crippen molar-refractivity contribution < 1.29 is 0 Å². The number of aromatic nitrogens is 1. The Balaban J connectivity index is 2.67. The highest BCUT2D eigenvalue weighted by Crippen LogP contribution is 2.26. The fourth-order valence-electron chi connectivity index (χ4n) is 1.63. The Bertz CT molecular complexity index is 482. The van der Waals surface area contributed by atoms with Crippen molar-refractivity contribution in [3.05, 3.63) is 46.6 Å². The van der Waals surface area contributed by atoms with Crippen LogP contribution in [-0.2, 0) is 6.42 Å². The molecule has 0 atom stereocenters. The van der Waals surface area contributed by atoms with Crippen LogP contribution in [0.4, 0.5) is 0 Å². The van der Waals surface area contributed by atoms with Crippen LogP contribution in [0.5, 0.6) is 0 Å². The highest BCUT2D eigenvalue weighted by atomic mass is 79.9. The SMILES string of the molecule is C=CCc1c[nH]c2cc(C)c(Br)cc12. The van der Waals surface area contributed by atoms with Crippen LogP contribution in [0.3, 0.4) is 0 Å². The third kappa shape index (κ3) is 1.50. The molecule has 0 aliphatic carbocycles. The molecule has 1 N–H and O–H groups in total. The van der Waals surface area contributed by atoms with Crippen LogP contribution < -0.4 is 0 Å². The molecule has 0 radical (unpaired) electrons. The Morgan fingerprint density at radius 1 is 1.50 bits per heavy atom. The van der Waals surface area contributed by atoms with Crippen LogP contribution in [0.25, 0.3) is 10.9 Å². The van der Waals surface area contributed by atoms with Gasteiger partial charge in [-0.1, -0.05) is 22.0 Å². The van der Waals surface area contributed by atoms with Crippen molar-refractivity contribution in [2.45, 2.75) is 13.3 Å². The number of aryl methyl sites for hydroxylation is 1. The maximum atomic E-state index is 3.76. The van der Waals surface area contributed by atoms with Crippen molar-refractivity contribution in [2.24, 2.45) is 0 Å². The molecule has 1 heterocycles. The van der Waals surface area contributed by atoms with Crippen LogP contribution in [0.1, 0.15) is 11.1 Å². The lowest BCUT2D eigenvalue weighted by atomic mass is 10.1. The topological polar surface area (TPSA) is 15.8 Å². The predicted molar refractivity (Wildman–Crippen MR) is 64.6 cm³/mol. The van der Waals surface area contributed by atoms with Gasteiger partial charge in [-0.25, -0.2) is 0 Å². The lowest BCUT2D eigenvalue weighted by Crippen LogP contribution is -1.79. The first kappa shape index (κ1) is 9.53. The molecular weight excluding hydrogens is 238 g/mol. The minimum atomic E-state index is 0.912. The van der Waals surface area contributed by atoms with Crippen LogP contribution in [0.2, 0.25) is 0 Å². The second-order valence-electron chi connectivity index (χ2n) is 3.45. The van der Waals surface area contributed by atoms with Crippen molar-refractivity contribution in [2.75, 3.05) is 0 Å². The summed E-state index contributed by atoms with van der Waals surface area (Å²) in [7, 11) is 0. The highest BCUT2D eigenvalue weighted by Gasteiger charge is 2.04. The van der Waals surface area contributed by atoms with Gasteiger partial charge in [-0.2, -0.15) is 0 Å². The Hall–Kier alpha value is -1.02. The Morgan fingerprint density at radius 2 is 2.29 bits per heavy atom. The number of hydrogen-bond donors (Lipinski definition) is 1. The van der Waals surface area contributed by atoms with Gasteiger partial charge in [-0.05, 0) is 36.6 Å². The molecule has 14 heavy (non-hydrogen) atoms. The van der Waals surface area contributed by atoms with E-state index in [9.17, 15) is 0 Å². The van der Waals surface area contributed by atoms with Gasteiger partial charge in [0.1, 0.15) is 0 Å². The molecule has 1 aromatic heterocycles. The average molecular weight is 250 g/mol. The van der Waals surface area contributed by atoms with Crippen molar-refractivity contribution >= 4 is 26.8 Å². The molecule has 0 fully saturated rings. The summed E-state index contributed by atoms with van der Waals surface area (Å²) >= 11 is 3.55. The monoisotopic (exact) mass is 249 g/mol. The number of benzene rings is 1.